The van der Waals surface area contributed by atoms with Gasteiger partial charge in [-0.25, -0.2) is 0 Å². The third-order valence-corrected chi connectivity index (χ3v) is 3.67. The van der Waals surface area contributed by atoms with E-state index in [9.17, 15) is 9.59 Å². The van der Waals surface area contributed by atoms with Crippen molar-refractivity contribution in [3.63, 3.8) is 0 Å². The van der Waals surface area contributed by atoms with E-state index < -0.39 is 0 Å². The summed E-state index contributed by atoms with van der Waals surface area (Å²) in [6.45, 7) is 4.47. The van der Waals surface area contributed by atoms with Crippen LogP contribution in [0.5, 0.6) is 0 Å². The summed E-state index contributed by atoms with van der Waals surface area (Å²) in [7, 11) is 0. The molecule has 0 saturated heterocycles. The summed E-state index contributed by atoms with van der Waals surface area (Å²) in [4.78, 5) is 25.9. The van der Waals surface area contributed by atoms with Gasteiger partial charge in [0.2, 0.25) is 5.91 Å². The minimum absolute atomic E-state index is 0.0285. The molecule has 1 aromatic heterocycles. The first-order chi connectivity index (χ1) is 9.61. The van der Waals surface area contributed by atoms with Crippen LogP contribution in [0.25, 0.3) is 0 Å². The summed E-state index contributed by atoms with van der Waals surface area (Å²) in [6.07, 6.45) is 6.30. The Hall–Kier alpha value is -1.78. The van der Waals surface area contributed by atoms with E-state index in [2.05, 4.69) is 5.32 Å². The molecular formula is C15H22N2O3. The van der Waals surface area contributed by atoms with Crippen molar-refractivity contribution in [1.82, 2.24) is 10.2 Å². The lowest BCUT2D eigenvalue weighted by molar-refractivity contribution is -0.121. The van der Waals surface area contributed by atoms with Crippen molar-refractivity contribution in [2.24, 2.45) is 0 Å². The first-order valence-electron chi connectivity index (χ1n) is 7.24. The summed E-state index contributed by atoms with van der Waals surface area (Å²) < 4.78 is 4.96. The molecule has 0 bridgehead atoms. The Kier molecular flexibility index (Phi) is 4.82. The fourth-order valence-electron chi connectivity index (χ4n) is 2.04. The molecule has 5 nitrogen and oxygen atoms in total. The van der Waals surface area contributed by atoms with E-state index in [-0.39, 0.29) is 17.9 Å². The third kappa shape index (κ3) is 3.85. The van der Waals surface area contributed by atoms with Gasteiger partial charge in [-0.3, -0.25) is 9.59 Å². The number of hydrogen-bond donors (Lipinski definition) is 1. The van der Waals surface area contributed by atoms with E-state index >= 15 is 0 Å². The predicted octanol–water partition coefficient (Wildman–Crippen LogP) is 2.19. The molecular weight excluding hydrogens is 256 g/mol. The third-order valence-electron chi connectivity index (χ3n) is 3.67. The molecule has 0 spiro atoms. The standard InChI is InChI=1S/C15H22N2O3/c1-3-11(2)17(15(19)12-7-9-20-10-12)8-6-14(18)16-13-4-5-13/h7,9-11,13H,3-6,8H2,1-2H3,(H,16,18). The van der Waals surface area contributed by atoms with Gasteiger partial charge >= 0.3 is 0 Å². The van der Waals surface area contributed by atoms with Crippen LogP contribution in [0.15, 0.2) is 23.0 Å². The highest BCUT2D eigenvalue weighted by atomic mass is 16.3. The lowest BCUT2D eigenvalue weighted by atomic mass is 10.1. The molecule has 1 unspecified atom stereocenters. The Labute approximate surface area is 119 Å². The van der Waals surface area contributed by atoms with Gasteiger partial charge in [0.15, 0.2) is 0 Å². The molecule has 1 fully saturated rings. The van der Waals surface area contributed by atoms with Crippen molar-refractivity contribution in [3.8, 4) is 0 Å². The van der Waals surface area contributed by atoms with Gasteiger partial charge in [0, 0.05) is 25.0 Å². The van der Waals surface area contributed by atoms with Crippen molar-refractivity contribution < 1.29 is 14.0 Å². The highest BCUT2D eigenvalue weighted by molar-refractivity contribution is 5.94. The lowest BCUT2D eigenvalue weighted by Crippen LogP contribution is -2.41. The average molecular weight is 278 g/mol. The van der Waals surface area contributed by atoms with Crippen LogP contribution < -0.4 is 5.32 Å². The van der Waals surface area contributed by atoms with Crippen LogP contribution in [0.1, 0.15) is 49.9 Å². The van der Waals surface area contributed by atoms with Crippen LogP contribution in [-0.2, 0) is 4.79 Å². The van der Waals surface area contributed by atoms with E-state index in [0.717, 1.165) is 19.3 Å². The monoisotopic (exact) mass is 278 g/mol. The van der Waals surface area contributed by atoms with Crippen LogP contribution in [0.4, 0.5) is 0 Å². The number of furan rings is 1. The molecule has 1 heterocycles. The van der Waals surface area contributed by atoms with Crippen molar-refractivity contribution >= 4 is 11.8 Å². The number of hydrogen-bond acceptors (Lipinski definition) is 3. The minimum atomic E-state index is -0.0766. The molecule has 1 saturated carbocycles. The van der Waals surface area contributed by atoms with Gasteiger partial charge < -0.3 is 14.6 Å². The topological polar surface area (TPSA) is 62.6 Å². The van der Waals surface area contributed by atoms with Gasteiger partial charge in [-0.2, -0.15) is 0 Å². The molecule has 1 aliphatic carbocycles. The maximum Gasteiger partial charge on any atom is 0.257 e. The number of rotatable bonds is 7. The van der Waals surface area contributed by atoms with Crippen molar-refractivity contribution in [2.75, 3.05) is 6.54 Å². The second kappa shape index (κ2) is 6.59. The zero-order chi connectivity index (χ0) is 14.5. The summed E-state index contributed by atoms with van der Waals surface area (Å²) in [5.74, 6) is -0.0480. The highest BCUT2D eigenvalue weighted by Crippen LogP contribution is 2.19. The molecule has 0 aliphatic heterocycles. The molecule has 2 rings (SSSR count). The lowest BCUT2D eigenvalue weighted by Gasteiger charge is -2.28. The number of carbonyl (C=O) groups excluding carboxylic acids is 2. The number of amides is 2. The second-order valence-corrected chi connectivity index (χ2v) is 5.36. The van der Waals surface area contributed by atoms with Gasteiger partial charge in [-0.05, 0) is 32.3 Å². The smallest absolute Gasteiger partial charge is 0.257 e. The zero-order valence-corrected chi connectivity index (χ0v) is 12.1. The second-order valence-electron chi connectivity index (χ2n) is 5.36. The molecule has 0 aromatic carbocycles. The van der Waals surface area contributed by atoms with E-state index in [4.69, 9.17) is 4.42 Å². The summed E-state index contributed by atoms with van der Waals surface area (Å²) >= 11 is 0. The summed E-state index contributed by atoms with van der Waals surface area (Å²) in [5.41, 5.74) is 0.535. The predicted molar refractivity (Wildman–Crippen MR) is 75.3 cm³/mol. The molecule has 1 aliphatic rings. The first-order valence-corrected chi connectivity index (χ1v) is 7.24. The highest BCUT2D eigenvalue weighted by Gasteiger charge is 2.25. The van der Waals surface area contributed by atoms with Gasteiger partial charge in [-0.1, -0.05) is 6.92 Å². The number of carbonyl (C=O) groups is 2. The normalized spacial score (nSPS) is 15.7. The molecule has 1 aromatic rings. The Morgan fingerprint density at radius 3 is 2.80 bits per heavy atom. The molecule has 1 atom stereocenters. The first kappa shape index (κ1) is 14.6. The van der Waals surface area contributed by atoms with Crippen molar-refractivity contribution in [2.45, 2.75) is 51.6 Å². The number of nitrogens with zero attached hydrogens (tertiary/aromatic N) is 1. The van der Waals surface area contributed by atoms with Crippen LogP contribution in [0.2, 0.25) is 0 Å². The molecule has 2 amide bonds. The van der Waals surface area contributed by atoms with Crippen LogP contribution in [-0.4, -0.2) is 35.3 Å². The molecule has 0 radical (unpaired) electrons. The van der Waals surface area contributed by atoms with E-state index in [0.29, 0.717) is 24.6 Å². The van der Waals surface area contributed by atoms with Crippen LogP contribution in [0, 0.1) is 0 Å². The number of nitrogens with one attached hydrogen (secondary N) is 1. The minimum Gasteiger partial charge on any atom is -0.472 e. The maximum atomic E-state index is 12.4. The quantitative estimate of drug-likeness (QED) is 0.831. The fourth-order valence-corrected chi connectivity index (χ4v) is 2.04. The fraction of sp³-hybridized carbons (Fsp3) is 0.600. The Balaban J connectivity index is 1.92. The van der Waals surface area contributed by atoms with E-state index in [1.807, 2.05) is 13.8 Å². The molecule has 1 N–H and O–H groups in total. The maximum absolute atomic E-state index is 12.4. The average Bonchev–Trinajstić information content (AvgIpc) is 3.08. The SMILES string of the molecule is CCC(C)N(CCC(=O)NC1CC1)C(=O)c1ccoc1. The zero-order valence-electron chi connectivity index (χ0n) is 12.1. The van der Waals surface area contributed by atoms with Gasteiger partial charge in [0.1, 0.15) is 6.26 Å². The largest absolute Gasteiger partial charge is 0.472 e. The van der Waals surface area contributed by atoms with E-state index in [1.165, 1.54) is 12.5 Å². The Bertz CT molecular complexity index is 452. The summed E-state index contributed by atoms with van der Waals surface area (Å²) in [6, 6.07) is 2.12. The molecule has 110 valence electrons. The molecule has 5 heteroatoms. The Morgan fingerprint density at radius 2 is 2.25 bits per heavy atom. The summed E-state index contributed by atoms with van der Waals surface area (Å²) in [5, 5.41) is 2.94. The van der Waals surface area contributed by atoms with E-state index in [1.54, 1.807) is 11.0 Å². The Morgan fingerprint density at radius 1 is 1.50 bits per heavy atom. The van der Waals surface area contributed by atoms with Crippen LogP contribution in [0.3, 0.4) is 0 Å². The van der Waals surface area contributed by atoms with Crippen molar-refractivity contribution in [3.05, 3.63) is 24.2 Å². The van der Waals surface area contributed by atoms with Crippen molar-refractivity contribution in [1.29, 1.82) is 0 Å². The van der Waals surface area contributed by atoms with Gasteiger partial charge in [0.25, 0.3) is 5.91 Å². The van der Waals surface area contributed by atoms with Gasteiger partial charge in [0.05, 0.1) is 11.8 Å². The van der Waals surface area contributed by atoms with Crippen LogP contribution >= 0.6 is 0 Å². The molecule has 20 heavy (non-hydrogen) atoms. The van der Waals surface area contributed by atoms with Gasteiger partial charge in [-0.15, -0.1) is 0 Å².